The predicted octanol–water partition coefficient (Wildman–Crippen LogP) is 7.10. The smallest absolute Gasteiger partial charge is 0.159 e. The van der Waals surface area contributed by atoms with Crippen molar-refractivity contribution < 1.29 is 9.59 Å². The van der Waals surface area contributed by atoms with Crippen molar-refractivity contribution in [1.29, 1.82) is 0 Å². The number of carbonyl (C=O) groups excluding carboxylic acids is 2. The topological polar surface area (TPSA) is 34.1 Å². The molecule has 0 aliphatic rings. The molecule has 0 radical (unpaired) electrons. The molecule has 0 amide bonds. The van der Waals surface area contributed by atoms with E-state index in [2.05, 4.69) is 24.3 Å². The summed E-state index contributed by atoms with van der Waals surface area (Å²) >= 11 is 0. The van der Waals surface area contributed by atoms with Gasteiger partial charge in [-0.05, 0) is 47.2 Å². The highest BCUT2D eigenvalue weighted by atomic mass is 16.1. The van der Waals surface area contributed by atoms with Gasteiger partial charge in [0.25, 0.3) is 0 Å². The highest BCUT2D eigenvalue weighted by Gasteiger charge is 2.16. The highest BCUT2D eigenvalue weighted by Crippen LogP contribution is 2.37. The molecule has 0 aromatic heterocycles. The molecule has 0 spiro atoms. The summed E-state index contributed by atoms with van der Waals surface area (Å²) in [6.07, 6.45) is 0. The van der Waals surface area contributed by atoms with E-state index >= 15 is 0 Å². The number of rotatable bonds is 6. The molecule has 4 aromatic carbocycles. The Bertz CT molecular complexity index is 1160. The second kappa shape index (κ2) is 9.40. The largest absolute Gasteiger partial charge is 0.295 e. The Balaban J connectivity index is 2.03. The lowest BCUT2D eigenvalue weighted by Gasteiger charge is -2.18. The summed E-state index contributed by atoms with van der Waals surface area (Å²) in [4.78, 5) is 23.6. The van der Waals surface area contributed by atoms with Crippen molar-refractivity contribution in [3.8, 4) is 0 Å². The lowest BCUT2D eigenvalue weighted by atomic mass is 9.85. The van der Waals surface area contributed by atoms with Crippen molar-refractivity contribution in [2.75, 3.05) is 0 Å². The zero-order valence-electron chi connectivity index (χ0n) is 18.2. The third-order valence-corrected chi connectivity index (χ3v) is 5.54. The van der Waals surface area contributed by atoms with Crippen LogP contribution in [0.25, 0.3) is 11.1 Å². The average molecular weight is 417 g/mol. The van der Waals surface area contributed by atoms with Crippen LogP contribution < -0.4 is 0 Å². The zero-order chi connectivity index (χ0) is 22.5. The minimum absolute atomic E-state index is 0.0462. The van der Waals surface area contributed by atoms with Crippen LogP contribution in [0, 0.1) is 0 Å². The maximum Gasteiger partial charge on any atom is 0.159 e. The van der Waals surface area contributed by atoms with Crippen molar-refractivity contribution in [3.63, 3.8) is 0 Å². The van der Waals surface area contributed by atoms with Crippen molar-refractivity contribution in [1.82, 2.24) is 0 Å². The van der Waals surface area contributed by atoms with E-state index < -0.39 is 0 Å². The fourth-order valence-corrected chi connectivity index (χ4v) is 3.86. The second-order valence-corrected chi connectivity index (χ2v) is 7.75. The SMILES string of the molecule is CC(=O)c1ccc(/C(=C(/c2ccccc2)c2ccc(C(C)=O)cc2)c2ccccc2)cc1. The molecule has 0 fully saturated rings. The molecule has 0 heterocycles. The molecule has 2 nitrogen and oxygen atoms in total. The van der Waals surface area contributed by atoms with Crippen molar-refractivity contribution in [3.05, 3.63) is 143 Å². The molecule has 0 saturated carbocycles. The van der Waals surface area contributed by atoms with E-state index in [0.717, 1.165) is 33.4 Å². The Morgan fingerprint density at radius 1 is 0.375 bits per heavy atom. The van der Waals surface area contributed by atoms with Crippen molar-refractivity contribution in [2.45, 2.75) is 13.8 Å². The van der Waals surface area contributed by atoms with Crippen LogP contribution in [0.2, 0.25) is 0 Å². The molecule has 4 rings (SSSR count). The Hall–Kier alpha value is -4.04. The van der Waals surface area contributed by atoms with E-state index in [9.17, 15) is 9.59 Å². The molecule has 0 N–H and O–H groups in total. The van der Waals surface area contributed by atoms with Gasteiger partial charge in [-0.2, -0.15) is 0 Å². The normalized spacial score (nSPS) is 11.6. The molecule has 4 aromatic rings. The first-order valence-corrected chi connectivity index (χ1v) is 10.6. The first-order valence-electron chi connectivity index (χ1n) is 10.6. The molecule has 156 valence electrons. The van der Waals surface area contributed by atoms with Gasteiger partial charge in [0.05, 0.1) is 0 Å². The predicted molar refractivity (Wildman–Crippen MR) is 131 cm³/mol. The molecule has 0 bridgehead atoms. The summed E-state index contributed by atoms with van der Waals surface area (Å²) in [5, 5.41) is 0. The number of Topliss-reactive ketones (excluding diaryl/α,β-unsaturated/α-hetero) is 2. The van der Waals surface area contributed by atoms with Gasteiger partial charge in [-0.15, -0.1) is 0 Å². The summed E-state index contributed by atoms with van der Waals surface area (Å²) in [6.45, 7) is 3.16. The van der Waals surface area contributed by atoms with Gasteiger partial charge in [0.1, 0.15) is 0 Å². The van der Waals surface area contributed by atoms with E-state index in [4.69, 9.17) is 0 Å². The van der Waals surface area contributed by atoms with Crippen LogP contribution in [0.4, 0.5) is 0 Å². The standard InChI is InChI=1S/C30H24O2/c1-21(31)23-13-17-27(18-14-23)29(25-9-5-3-6-10-25)30(26-11-7-4-8-12-26)28-19-15-24(16-20-28)22(2)32/h3-20H,1-2H3/b30-29-. The lowest BCUT2D eigenvalue weighted by molar-refractivity contribution is 0.100. The van der Waals surface area contributed by atoms with Crippen LogP contribution in [0.15, 0.2) is 109 Å². The quantitative estimate of drug-likeness (QED) is 0.248. The van der Waals surface area contributed by atoms with E-state index in [-0.39, 0.29) is 11.6 Å². The molecule has 0 saturated heterocycles. The Labute approximate surface area is 188 Å². The van der Waals surface area contributed by atoms with Gasteiger partial charge in [-0.25, -0.2) is 0 Å². The Morgan fingerprint density at radius 2 is 0.625 bits per heavy atom. The van der Waals surface area contributed by atoms with Gasteiger partial charge in [0, 0.05) is 11.1 Å². The minimum atomic E-state index is 0.0462. The second-order valence-electron chi connectivity index (χ2n) is 7.75. The molecule has 32 heavy (non-hydrogen) atoms. The van der Waals surface area contributed by atoms with E-state index in [1.165, 1.54) is 0 Å². The molecule has 0 unspecified atom stereocenters. The van der Waals surface area contributed by atoms with E-state index in [1.54, 1.807) is 13.8 Å². The number of hydrogen-bond donors (Lipinski definition) is 0. The van der Waals surface area contributed by atoms with Crippen LogP contribution in [-0.4, -0.2) is 11.6 Å². The maximum atomic E-state index is 11.8. The maximum absolute atomic E-state index is 11.8. The third-order valence-electron chi connectivity index (χ3n) is 5.54. The summed E-state index contributed by atoms with van der Waals surface area (Å²) in [7, 11) is 0. The van der Waals surface area contributed by atoms with Gasteiger partial charge in [-0.3, -0.25) is 9.59 Å². The fourth-order valence-electron chi connectivity index (χ4n) is 3.86. The average Bonchev–Trinajstić information content (AvgIpc) is 2.84. The van der Waals surface area contributed by atoms with E-state index in [0.29, 0.717) is 11.1 Å². The van der Waals surface area contributed by atoms with Gasteiger partial charge >= 0.3 is 0 Å². The first kappa shape index (κ1) is 21.2. The van der Waals surface area contributed by atoms with Crippen molar-refractivity contribution >= 4 is 22.7 Å². The Morgan fingerprint density at radius 3 is 0.906 bits per heavy atom. The molecule has 0 atom stereocenters. The number of hydrogen-bond acceptors (Lipinski definition) is 2. The monoisotopic (exact) mass is 416 g/mol. The number of ketones is 2. The molecule has 2 heteroatoms. The van der Waals surface area contributed by atoms with Crippen LogP contribution in [0.3, 0.4) is 0 Å². The summed E-state index contributed by atoms with van der Waals surface area (Å²) < 4.78 is 0. The summed E-state index contributed by atoms with van der Waals surface area (Å²) in [5.41, 5.74) is 7.73. The van der Waals surface area contributed by atoms with Gasteiger partial charge in [0.15, 0.2) is 11.6 Å². The molecule has 0 aliphatic carbocycles. The molecule has 0 aliphatic heterocycles. The lowest BCUT2D eigenvalue weighted by Crippen LogP contribution is -1.99. The third kappa shape index (κ3) is 4.50. The van der Waals surface area contributed by atoms with Crippen LogP contribution in [-0.2, 0) is 0 Å². The molecular formula is C30H24O2. The summed E-state index contributed by atoms with van der Waals surface area (Å²) in [6, 6.07) is 36.0. The zero-order valence-corrected chi connectivity index (χ0v) is 18.2. The van der Waals surface area contributed by atoms with Crippen molar-refractivity contribution in [2.24, 2.45) is 0 Å². The van der Waals surface area contributed by atoms with Gasteiger partial charge in [-0.1, -0.05) is 109 Å². The van der Waals surface area contributed by atoms with Crippen LogP contribution >= 0.6 is 0 Å². The number of carbonyl (C=O) groups is 2. The highest BCUT2D eigenvalue weighted by molar-refractivity contribution is 6.05. The Kier molecular flexibility index (Phi) is 6.23. The van der Waals surface area contributed by atoms with Gasteiger partial charge < -0.3 is 0 Å². The minimum Gasteiger partial charge on any atom is -0.295 e. The molecular weight excluding hydrogens is 392 g/mol. The van der Waals surface area contributed by atoms with Gasteiger partial charge in [0.2, 0.25) is 0 Å². The number of benzene rings is 4. The first-order chi connectivity index (χ1) is 15.5. The summed E-state index contributed by atoms with van der Waals surface area (Å²) in [5.74, 6) is 0.0924. The van der Waals surface area contributed by atoms with Crippen LogP contribution in [0.1, 0.15) is 56.8 Å². The fraction of sp³-hybridized carbons (Fsp3) is 0.0667. The van der Waals surface area contributed by atoms with Crippen LogP contribution in [0.5, 0.6) is 0 Å². The van der Waals surface area contributed by atoms with E-state index in [1.807, 2.05) is 84.9 Å².